The van der Waals surface area contributed by atoms with Gasteiger partial charge in [-0.3, -0.25) is 0 Å². The molecule has 0 aliphatic heterocycles. The molecule has 2 saturated carbocycles. The van der Waals surface area contributed by atoms with Crippen molar-refractivity contribution in [3.05, 3.63) is 0 Å². The topological polar surface area (TPSA) is 35.2 Å². The Morgan fingerprint density at radius 1 is 1.24 bits per heavy atom. The highest BCUT2D eigenvalue weighted by atomic mass is 19.3. The lowest BCUT2D eigenvalue weighted by atomic mass is 9.84. The first kappa shape index (κ1) is 13.2. The smallest absolute Gasteiger partial charge is 0.261 e. The first-order chi connectivity index (χ1) is 8.15. The van der Waals surface area contributed by atoms with Crippen LogP contribution in [0.5, 0.6) is 0 Å². The molecule has 4 atom stereocenters. The molecule has 100 valence electrons. The van der Waals surface area contributed by atoms with Crippen molar-refractivity contribution in [3.63, 3.8) is 0 Å². The van der Waals surface area contributed by atoms with Gasteiger partial charge in [-0.15, -0.1) is 0 Å². The van der Waals surface area contributed by atoms with Crippen LogP contribution in [0.25, 0.3) is 0 Å². The van der Waals surface area contributed by atoms with Gasteiger partial charge < -0.3 is 10.5 Å². The largest absolute Gasteiger partial charge is 0.375 e. The van der Waals surface area contributed by atoms with Crippen molar-refractivity contribution in [1.82, 2.24) is 0 Å². The van der Waals surface area contributed by atoms with Crippen LogP contribution in [0, 0.1) is 17.8 Å². The van der Waals surface area contributed by atoms with E-state index in [-0.39, 0.29) is 6.04 Å². The third kappa shape index (κ3) is 3.88. The van der Waals surface area contributed by atoms with Crippen LogP contribution >= 0.6 is 0 Å². The average Bonchev–Trinajstić information content (AvgIpc) is 2.86. The molecule has 0 aromatic carbocycles. The summed E-state index contributed by atoms with van der Waals surface area (Å²) in [5, 5.41) is 0. The molecule has 0 aromatic heterocycles. The van der Waals surface area contributed by atoms with E-state index in [1.807, 2.05) is 0 Å². The van der Waals surface area contributed by atoms with Crippen LogP contribution in [-0.2, 0) is 4.74 Å². The molecule has 4 unspecified atom stereocenters. The maximum atomic E-state index is 11.8. The van der Waals surface area contributed by atoms with Gasteiger partial charge in [0.05, 0.1) is 0 Å². The Kier molecular flexibility index (Phi) is 4.74. The second-order valence-corrected chi connectivity index (χ2v) is 5.69. The molecule has 0 saturated heterocycles. The normalized spacial score (nSPS) is 33.5. The van der Waals surface area contributed by atoms with E-state index in [1.165, 1.54) is 25.7 Å². The number of nitrogens with two attached hydrogens (primary N) is 1. The Morgan fingerprint density at radius 2 is 2.06 bits per heavy atom. The highest BCUT2D eigenvalue weighted by Gasteiger charge is 2.39. The maximum Gasteiger partial charge on any atom is 0.261 e. The van der Waals surface area contributed by atoms with Crippen LogP contribution in [0.2, 0.25) is 0 Å². The van der Waals surface area contributed by atoms with Gasteiger partial charge >= 0.3 is 0 Å². The van der Waals surface area contributed by atoms with Crippen molar-refractivity contribution >= 4 is 0 Å². The predicted octanol–water partition coefficient (Wildman–Crippen LogP) is 2.81. The van der Waals surface area contributed by atoms with Crippen LogP contribution in [-0.4, -0.2) is 25.7 Å². The van der Waals surface area contributed by atoms with Crippen LogP contribution in [0.3, 0.4) is 0 Å². The second kappa shape index (κ2) is 6.10. The SMILES string of the molecule is NC(CCOCC(F)F)CC1CC2CCC1C2. The lowest BCUT2D eigenvalue weighted by molar-refractivity contribution is 0.0146. The van der Waals surface area contributed by atoms with Gasteiger partial charge in [-0.1, -0.05) is 6.42 Å². The molecule has 17 heavy (non-hydrogen) atoms. The zero-order valence-electron chi connectivity index (χ0n) is 10.3. The van der Waals surface area contributed by atoms with E-state index in [0.29, 0.717) is 13.0 Å². The zero-order chi connectivity index (χ0) is 12.3. The van der Waals surface area contributed by atoms with E-state index in [2.05, 4.69) is 0 Å². The summed E-state index contributed by atoms with van der Waals surface area (Å²) in [5.74, 6) is 2.64. The summed E-state index contributed by atoms with van der Waals surface area (Å²) < 4.78 is 28.5. The van der Waals surface area contributed by atoms with Gasteiger partial charge in [0, 0.05) is 12.6 Å². The minimum atomic E-state index is -2.36. The van der Waals surface area contributed by atoms with Crippen LogP contribution in [0.15, 0.2) is 0 Å². The highest BCUT2D eigenvalue weighted by molar-refractivity contribution is 4.91. The van der Waals surface area contributed by atoms with Crippen molar-refractivity contribution in [1.29, 1.82) is 0 Å². The maximum absolute atomic E-state index is 11.8. The molecule has 2 rings (SSSR count). The van der Waals surface area contributed by atoms with Crippen molar-refractivity contribution in [2.45, 2.75) is 51.0 Å². The number of hydrogen-bond donors (Lipinski definition) is 1. The van der Waals surface area contributed by atoms with Crippen LogP contribution in [0.4, 0.5) is 8.78 Å². The van der Waals surface area contributed by atoms with E-state index in [9.17, 15) is 8.78 Å². The van der Waals surface area contributed by atoms with Gasteiger partial charge in [0.1, 0.15) is 6.61 Å². The van der Waals surface area contributed by atoms with E-state index in [4.69, 9.17) is 10.5 Å². The van der Waals surface area contributed by atoms with Gasteiger partial charge in [-0.25, -0.2) is 8.78 Å². The number of halogens is 2. The molecule has 4 heteroatoms. The molecule has 0 amide bonds. The van der Waals surface area contributed by atoms with Crippen LogP contribution < -0.4 is 5.73 Å². The molecule has 2 bridgehead atoms. The number of hydrogen-bond acceptors (Lipinski definition) is 2. The number of alkyl halides is 2. The Balaban J connectivity index is 1.56. The standard InChI is InChI=1S/C13H23F2NO/c14-13(15)8-17-4-3-12(16)7-11-6-9-1-2-10(11)5-9/h9-13H,1-8,16H2. The average molecular weight is 247 g/mol. The molecule has 0 radical (unpaired) electrons. The molecular formula is C13H23F2NO. The Bertz CT molecular complexity index is 237. The van der Waals surface area contributed by atoms with Crippen molar-refractivity contribution < 1.29 is 13.5 Å². The second-order valence-electron chi connectivity index (χ2n) is 5.69. The van der Waals surface area contributed by atoms with Crippen LogP contribution in [0.1, 0.15) is 38.5 Å². The molecule has 2 fully saturated rings. The molecule has 0 heterocycles. The van der Waals surface area contributed by atoms with Crippen molar-refractivity contribution in [3.8, 4) is 0 Å². The summed E-state index contributed by atoms with van der Waals surface area (Å²) in [7, 11) is 0. The lowest BCUT2D eigenvalue weighted by Crippen LogP contribution is -2.27. The summed E-state index contributed by atoms with van der Waals surface area (Å²) in [4.78, 5) is 0. The molecular weight excluding hydrogens is 224 g/mol. The van der Waals surface area contributed by atoms with Gasteiger partial charge in [0.15, 0.2) is 0 Å². The quantitative estimate of drug-likeness (QED) is 0.702. The molecule has 2 aliphatic rings. The summed E-state index contributed by atoms with van der Waals surface area (Å²) in [6, 6.07) is 0.122. The molecule has 2 nitrogen and oxygen atoms in total. The third-order valence-corrected chi connectivity index (χ3v) is 4.37. The molecule has 0 spiro atoms. The predicted molar refractivity (Wildman–Crippen MR) is 63.0 cm³/mol. The minimum Gasteiger partial charge on any atom is -0.375 e. The van der Waals surface area contributed by atoms with Gasteiger partial charge in [0.2, 0.25) is 0 Å². The fraction of sp³-hybridized carbons (Fsp3) is 1.00. The summed E-state index contributed by atoms with van der Waals surface area (Å²) in [6.07, 6.45) is 4.93. The van der Waals surface area contributed by atoms with E-state index < -0.39 is 13.0 Å². The third-order valence-electron chi connectivity index (χ3n) is 4.37. The molecule has 2 aliphatic carbocycles. The van der Waals surface area contributed by atoms with Crippen molar-refractivity contribution in [2.24, 2.45) is 23.5 Å². The monoisotopic (exact) mass is 247 g/mol. The van der Waals surface area contributed by atoms with Gasteiger partial charge in [-0.05, 0) is 49.9 Å². The number of ether oxygens (including phenoxy) is 1. The van der Waals surface area contributed by atoms with E-state index >= 15 is 0 Å². The fourth-order valence-corrected chi connectivity index (χ4v) is 3.58. The van der Waals surface area contributed by atoms with E-state index in [0.717, 1.165) is 24.2 Å². The number of fused-ring (bicyclic) bond motifs is 2. The Labute approximate surface area is 102 Å². The lowest BCUT2D eigenvalue weighted by Gasteiger charge is -2.24. The summed E-state index contributed by atoms with van der Waals surface area (Å²) in [5.41, 5.74) is 6.03. The molecule has 0 aromatic rings. The van der Waals surface area contributed by atoms with Crippen molar-refractivity contribution in [2.75, 3.05) is 13.2 Å². The first-order valence-corrected chi connectivity index (χ1v) is 6.76. The Morgan fingerprint density at radius 3 is 2.65 bits per heavy atom. The zero-order valence-corrected chi connectivity index (χ0v) is 10.3. The van der Waals surface area contributed by atoms with Gasteiger partial charge in [0.25, 0.3) is 6.43 Å². The summed E-state index contributed by atoms with van der Waals surface area (Å²) in [6.45, 7) is -0.0901. The van der Waals surface area contributed by atoms with Gasteiger partial charge in [-0.2, -0.15) is 0 Å². The highest BCUT2D eigenvalue weighted by Crippen LogP contribution is 2.49. The van der Waals surface area contributed by atoms with E-state index in [1.54, 1.807) is 0 Å². The number of rotatable bonds is 7. The Hall–Kier alpha value is -0.220. The fourth-order valence-electron chi connectivity index (χ4n) is 3.58. The minimum absolute atomic E-state index is 0.122. The first-order valence-electron chi connectivity index (χ1n) is 6.76. The molecule has 2 N–H and O–H groups in total. The summed E-state index contributed by atoms with van der Waals surface area (Å²) >= 11 is 0.